The zero-order valence-electron chi connectivity index (χ0n) is 15.9. The molecule has 1 N–H and O–H groups in total. The Bertz CT molecular complexity index is 927. The third kappa shape index (κ3) is 3.47. The highest BCUT2D eigenvalue weighted by Crippen LogP contribution is 2.36. The zero-order valence-corrected chi connectivity index (χ0v) is 15.9. The van der Waals surface area contributed by atoms with Gasteiger partial charge in [-0.15, -0.1) is 0 Å². The van der Waals surface area contributed by atoms with E-state index in [9.17, 15) is 9.59 Å². The summed E-state index contributed by atoms with van der Waals surface area (Å²) in [6.07, 6.45) is 0.161. The summed E-state index contributed by atoms with van der Waals surface area (Å²) in [4.78, 5) is 26.9. The molecule has 7 heteroatoms. The predicted octanol–water partition coefficient (Wildman–Crippen LogP) is 2.77. The summed E-state index contributed by atoms with van der Waals surface area (Å²) in [5.74, 6) is 1.15. The summed E-state index contributed by atoms with van der Waals surface area (Å²) < 4.78 is 16.4. The predicted molar refractivity (Wildman–Crippen MR) is 104 cm³/mol. The molecule has 2 heterocycles. The number of amides is 2. The molecule has 1 fully saturated rings. The number of carbonyl (C=O) groups excluding carboxylic acids is 2. The van der Waals surface area contributed by atoms with E-state index in [0.29, 0.717) is 48.4 Å². The van der Waals surface area contributed by atoms with E-state index in [0.717, 1.165) is 5.56 Å². The zero-order chi connectivity index (χ0) is 19.7. The molecule has 0 saturated carbocycles. The Kier molecular flexibility index (Phi) is 4.81. The van der Waals surface area contributed by atoms with Crippen molar-refractivity contribution < 1.29 is 23.8 Å². The van der Waals surface area contributed by atoms with Crippen molar-refractivity contribution in [3.05, 3.63) is 42.0 Å². The normalized spacial score (nSPS) is 18.1. The van der Waals surface area contributed by atoms with E-state index in [1.807, 2.05) is 31.2 Å². The standard InChI is InChI=1S/C21H22N2O5/c1-13-3-5-17(26-2)16(9-13)22-21(25)14-10-20(24)23(12-14)15-4-6-18-19(11-15)28-8-7-27-18/h3-6,9,11,14H,7-8,10,12H2,1-2H3,(H,22,25)/t14-/m0/s1. The van der Waals surface area contributed by atoms with Gasteiger partial charge in [0.25, 0.3) is 0 Å². The first-order valence-electron chi connectivity index (χ1n) is 9.20. The first kappa shape index (κ1) is 18.2. The molecule has 0 radical (unpaired) electrons. The molecule has 0 aromatic heterocycles. The maximum absolute atomic E-state index is 12.8. The largest absolute Gasteiger partial charge is 0.495 e. The van der Waals surface area contributed by atoms with Crippen molar-refractivity contribution >= 4 is 23.2 Å². The summed E-state index contributed by atoms with van der Waals surface area (Å²) in [5.41, 5.74) is 2.33. The molecule has 0 aliphatic carbocycles. The van der Waals surface area contributed by atoms with Gasteiger partial charge in [-0.25, -0.2) is 0 Å². The number of benzene rings is 2. The van der Waals surface area contributed by atoms with E-state index >= 15 is 0 Å². The first-order valence-corrected chi connectivity index (χ1v) is 9.20. The van der Waals surface area contributed by atoms with Gasteiger partial charge in [0.2, 0.25) is 11.8 Å². The number of rotatable bonds is 4. The third-order valence-corrected chi connectivity index (χ3v) is 4.95. The van der Waals surface area contributed by atoms with Crippen LogP contribution in [0.4, 0.5) is 11.4 Å². The second kappa shape index (κ2) is 7.42. The van der Waals surface area contributed by atoms with Crippen LogP contribution in [-0.4, -0.2) is 38.7 Å². The Balaban J connectivity index is 1.49. The molecule has 2 aliphatic rings. The molecule has 2 amide bonds. The molecule has 7 nitrogen and oxygen atoms in total. The maximum atomic E-state index is 12.8. The van der Waals surface area contributed by atoms with Crippen LogP contribution in [-0.2, 0) is 9.59 Å². The van der Waals surface area contributed by atoms with E-state index in [1.54, 1.807) is 24.1 Å². The van der Waals surface area contributed by atoms with Gasteiger partial charge in [-0.2, -0.15) is 0 Å². The van der Waals surface area contributed by atoms with Crippen LogP contribution in [0.15, 0.2) is 36.4 Å². The van der Waals surface area contributed by atoms with Crippen molar-refractivity contribution in [2.24, 2.45) is 5.92 Å². The molecule has 0 bridgehead atoms. The molecular formula is C21H22N2O5. The molecule has 0 spiro atoms. The lowest BCUT2D eigenvalue weighted by atomic mass is 10.1. The number of carbonyl (C=O) groups is 2. The van der Waals surface area contributed by atoms with Gasteiger partial charge >= 0.3 is 0 Å². The van der Waals surface area contributed by atoms with Crippen LogP contribution in [0.2, 0.25) is 0 Å². The first-order chi connectivity index (χ1) is 13.5. The van der Waals surface area contributed by atoms with Gasteiger partial charge in [0.05, 0.1) is 18.7 Å². The fourth-order valence-electron chi connectivity index (χ4n) is 3.49. The van der Waals surface area contributed by atoms with Gasteiger partial charge in [-0.1, -0.05) is 6.07 Å². The molecule has 2 aromatic carbocycles. The van der Waals surface area contributed by atoms with Crippen molar-refractivity contribution in [1.29, 1.82) is 0 Å². The van der Waals surface area contributed by atoms with Gasteiger partial charge in [0.1, 0.15) is 19.0 Å². The maximum Gasteiger partial charge on any atom is 0.229 e. The second-order valence-corrected chi connectivity index (χ2v) is 6.93. The van der Waals surface area contributed by atoms with Gasteiger partial charge in [-0.05, 0) is 36.8 Å². The minimum Gasteiger partial charge on any atom is -0.495 e. The lowest BCUT2D eigenvalue weighted by Crippen LogP contribution is -2.28. The Morgan fingerprint density at radius 2 is 1.93 bits per heavy atom. The minimum absolute atomic E-state index is 0.0898. The third-order valence-electron chi connectivity index (χ3n) is 4.95. The molecule has 4 rings (SSSR count). The molecule has 2 aliphatic heterocycles. The van der Waals surface area contributed by atoms with E-state index < -0.39 is 5.92 Å². The van der Waals surface area contributed by atoms with Crippen LogP contribution in [0.1, 0.15) is 12.0 Å². The topological polar surface area (TPSA) is 77.1 Å². The summed E-state index contributed by atoms with van der Waals surface area (Å²) in [6, 6.07) is 11.0. The molecule has 2 aromatic rings. The monoisotopic (exact) mass is 382 g/mol. The molecule has 146 valence electrons. The Morgan fingerprint density at radius 1 is 1.14 bits per heavy atom. The van der Waals surface area contributed by atoms with E-state index in [4.69, 9.17) is 14.2 Å². The van der Waals surface area contributed by atoms with Crippen LogP contribution in [0, 0.1) is 12.8 Å². The van der Waals surface area contributed by atoms with Gasteiger partial charge in [0, 0.05) is 24.7 Å². The number of nitrogens with zero attached hydrogens (tertiary/aromatic N) is 1. The number of nitrogens with one attached hydrogen (secondary N) is 1. The van der Waals surface area contributed by atoms with Crippen molar-refractivity contribution in [3.8, 4) is 17.2 Å². The summed E-state index contributed by atoms with van der Waals surface area (Å²) >= 11 is 0. The number of anilines is 2. The fourth-order valence-corrected chi connectivity index (χ4v) is 3.49. The van der Waals surface area contributed by atoms with E-state index in [-0.39, 0.29) is 18.2 Å². The molecule has 0 unspecified atom stereocenters. The summed E-state index contributed by atoms with van der Waals surface area (Å²) in [7, 11) is 1.56. The number of fused-ring (bicyclic) bond motifs is 1. The SMILES string of the molecule is COc1ccc(C)cc1NC(=O)[C@H]1CC(=O)N(c2ccc3c(c2)OCCO3)C1. The molecule has 28 heavy (non-hydrogen) atoms. The number of hydrogen-bond acceptors (Lipinski definition) is 5. The van der Waals surface area contributed by atoms with E-state index in [1.165, 1.54) is 0 Å². The second-order valence-electron chi connectivity index (χ2n) is 6.93. The van der Waals surface area contributed by atoms with Crippen molar-refractivity contribution in [1.82, 2.24) is 0 Å². The van der Waals surface area contributed by atoms with Crippen molar-refractivity contribution in [2.45, 2.75) is 13.3 Å². The fraction of sp³-hybridized carbons (Fsp3) is 0.333. The average molecular weight is 382 g/mol. The van der Waals surface area contributed by atoms with Crippen molar-refractivity contribution in [3.63, 3.8) is 0 Å². The summed E-state index contributed by atoms with van der Waals surface area (Å²) in [6.45, 7) is 3.25. The van der Waals surface area contributed by atoms with E-state index in [2.05, 4.69) is 5.32 Å². The Hall–Kier alpha value is -3.22. The smallest absolute Gasteiger partial charge is 0.229 e. The average Bonchev–Trinajstić information content (AvgIpc) is 3.09. The van der Waals surface area contributed by atoms with Crippen LogP contribution in [0.25, 0.3) is 0 Å². The van der Waals surface area contributed by atoms with Crippen molar-refractivity contribution in [2.75, 3.05) is 37.1 Å². The van der Waals surface area contributed by atoms with Crippen LogP contribution < -0.4 is 24.4 Å². The van der Waals surface area contributed by atoms with Crippen LogP contribution >= 0.6 is 0 Å². The summed E-state index contributed by atoms with van der Waals surface area (Å²) in [5, 5.41) is 2.90. The van der Waals surface area contributed by atoms with Gasteiger partial charge in [-0.3, -0.25) is 9.59 Å². The van der Waals surface area contributed by atoms with Crippen LogP contribution in [0.3, 0.4) is 0 Å². The lowest BCUT2D eigenvalue weighted by molar-refractivity contribution is -0.122. The van der Waals surface area contributed by atoms with Gasteiger partial charge in [0.15, 0.2) is 11.5 Å². The Labute approximate surface area is 163 Å². The highest BCUT2D eigenvalue weighted by atomic mass is 16.6. The molecule has 1 saturated heterocycles. The van der Waals surface area contributed by atoms with Gasteiger partial charge < -0.3 is 24.4 Å². The number of methoxy groups -OCH3 is 1. The van der Waals surface area contributed by atoms with Crippen LogP contribution in [0.5, 0.6) is 17.2 Å². The highest BCUT2D eigenvalue weighted by molar-refractivity contribution is 6.04. The number of hydrogen-bond donors (Lipinski definition) is 1. The molecule has 1 atom stereocenters. The Morgan fingerprint density at radius 3 is 2.71 bits per heavy atom. The number of aryl methyl sites for hydroxylation is 1. The lowest BCUT2D eigenvalue weighted by Gasteiger charge is -2.22. The minimum atomic E-state index is -0.439. The highest BCUT2D eigenvalue weighted by Gasteiger charge is 2.36. The quantitative estimate of drug-likeness (QED) is 0.880. The molecular weight excluding hydrogens is 360 g/mol. The number of ether oxygens (including phenoxy) is 3.